The predicted molar refractivity (Wildman–Crippen MR) is 59.7 cm³/mol. The molecule has 0 saturated carbocycles. The molecule has 1 aromatic rings. The monoisotopic (exact) mass is 217 g/mol. The van der Waals surface area contributed by atoms with E-state index in [2.05, 4.69) is 19.1 Å². The normalized spacial score (nSPS) is 32.4. The number of hydrogen-bond donors (Lipinski definition) is 0. The molecule has 2 aliphatic rings. The van der Waals surface area contributed by atoms with Gasteiger partial charge in [0.25, 0.3) is 5.91 Å². The Hall–Kier alpha value is -1.35. The number of morpholine rings is 1. The van der Waals surface area contributed by atoms with Gasteiger partial charge < -0.3 is 9.64 Å². The van der Waals surface area contributed by atoms with Crippen molar-refractivity contribution in [2.24, 2.45) is 5.92 Å². The molecule has 3 nitrogen and oxygen atoms in total. The Kier molecular flexibility index (Phi) is 2.21. The first kappa shape index (κ1) is 9.85. The highest BCUT2D eigenvalue weighted by atomic mass is 16.5. The van der Waals surface area contributed by atoms with E-state index in [0.717, 1.165) is 0 Å². The van der Waals surface area contributed by atoms with Gasteiger partial charge in [0.15, 0.2) is 0 Å². The van der Waals surface area contributed by atoms with Crippen LogP contribution in [0.1, 0.15) is 12.5 Å². The van der Waals surface area contributed by atoms with Crippen LogP contribution < -0.4 is 0 Å². The van der Waals surface area contributed by atoms with Gasteiger partial charge >= 0.3 is 0 Å². The Balaban J connectivity index is 1.80. The lowest BCUT2D eigenvalue weighted by Gasteiger charge is -2.27. The first-order valence-electron chi connectivity index (χ1n) is 5.73. The van der Waals surface area contributed by atoms with E-state index in [4.69, 9.17) is 4.74 Å². The third-order valence-electron chi connectivity index (χ3n) is 3.65. The first-order valence-corrected chi connectivity index (χ1v) is 5.73. The van der Waals surface area contributed by atoms with Gasteiger partial charge in [-0.2, -0.15) is 0 Å². The van der Waals surface area contributed by atoms with Gasteiger partial charge in [-0.15, -0.1) is 0 Å². The number of carbonyl (C=O) groups is 1. The molecule has 16 heavy (non-hydrogen) atoms. The van der Waals surface area contributed by atoms with Crippen LogP contribution in [0, 0.1) is 5.92 Å². The number of nitrogens with zero attached hydrogens (tertiary/aromatic N) is 1. The molecule has 1 amide bonds. The Morgan fingerprint density at radius 2 is 2.12 bits per heavy atom. The summed E-state index contributed by atoms with van der Waals surface area (Å²) in [5.41, 5.74) is 1.19. The Labute approximate surface area is 95.0 Å². The molecule has 1 aromatic carbocycles. The molecule has 84 valence electrons. The summed E-state index contributed by atoms with van der Waals surface area (Å²) in [5.74, 6) is 0.504. The van der Waals surface area contributed by atoms with Crippen molar-refractivity contribution in [2.45, 2.75) is 25.6 Å². The molecular formula is C13H15NO2. The van der Waals surface area contributed by atoms with Crippen molar-refractivity contribution < 1.29 is 9.53 Å². The zero-order valence-electron chi connectivity index (χ0n) is 9.30. The minimum Gasteiger partial charge on any atom is -0.366 e. The predicted octanol–water partition coefficient (Wildman–Crippen LogP) is 1.43. The number of benzene rings is 1. The van der Waals surface area contributed by atoms with Crippen LogP contribution in [0.2, 0.25) is 0 Å². The Bertz CT molecular complexity index is 404. The molecule has 2 aliphatic heterocycles. The van der Waals surface area contributed by atoms with E-state index in [1.54, 1.807) is 0 Å². The molecule has 3 atom stereocenters. The Morgan fingerprint density at radius 3 is 2.75 bits per heavy atom. The molecule has 2 fully saturated rings. The van der Waals surface area contributed by atoms with E-state index in [0.29, 0.717) is 19.1 Å². The van der Waals surface area contributed by atoms with Crippen molar-refractivity contribution in [2.75, 3.05) is 6.61 Å². The van der Waals surface area contributed by atoms with Gasteiger partial charge in [-0.3, -0.25) is 4.79 Å². The lowest BCUT2D eigenvalue weighted by Crippen LogP contribution is -2.41. The quantitative estimate of drug-likeness (QED) is 0.750. The van der Waals surface area contributed by atoms with Crippen LogP contribution in [0.3, 0.4) is 0 Å². The number of carbonyl (C=O) groups excluding carboxylic acids is 1. The molecule has 2 saturated heterocycles. The standard InChI is InChI=1S/C13H15NO2/c1-9-11-8-16-12(9)13(15)14(11)7-10-5-3-2-4-6-10/h2-6,9,11-12H,7-8H2,1H3/t9-,11+,12-/m0/s1. The molecule has 2 bridgehead atoms. The van der Waals surface area contributed by atoms with Crippen molar-refractivity contribution in [1.29, 1.82) is 0 Å². The number of amides is 1. The van der Waals surface area contributed by atoms with Crippen molar-refractivity contribution in [3.8, 4) is 0 Å². The summed E-state index contributed by atoms with van der Waals surface area (Å²) in [5, 5.41) is 0. The van der Waals surface area contributed by atoms with Crippen LogP contribution in [-0.4, -0.2) is 29.6 Å². The van der Waals surface area contributed by atoms with Crippen LogP contribution in [0.15, 0.2) is 30.3 Å². The summed E-state index contributed by atoms with van der Waals surface area (Å²) in [6.45, 7) is 3.52. The zero-order valence-corrected chi connectivity index (χ0v) is 9.30. The van der Waals surface area contributed by atoms with Gasteiger partial charge in [0.1, 0.15) is 6.10 Å². The molecule has 0 radical (unpaired) electrons. The fourth-order valence-corrected chi connectivity index (χ4v) is 2.68. The van der Waals surface area contributed by atoms with Crippen molar-refractivity contribution in [3.05, 3.63) is 35.9 Å². The minimum atomic E-state index is -0.186. The lowest BCUT2D eigenvalue weighted by molar-refractivity contribution is -0.144. The van der Waals surface area contributed by atoms with Gasteiger partial charge in [0.05, 0.1) is 12.6 Å². The van der Waals surface area contributed by atoms with Crippen LogP contribution in [0.25, 0.3) is 0 Å². The zero-order chi connectivity index (χ0) is 11.1. The molecule has 0 spiro atoms. The number of rotatable bonds is 2. The van der Waals surface area contributed by atoms with Crippen LogP contribution >= 0.6 is 0 Å². The highest BCUT2D eigenvalue weighted by Crippen LogP contribution is 2.35. The number of fused-ring (bicyclic) bond motifs is 2. The first-order chi connectivity index (χ1) is 7.77. The van der Waals surface area contributed by atoms with Gasteiger partial charge in [-0.1, -0.05) is 37.3 Å². The topological polar surface area (TPSA) is 29.5 Å². The van der Waals surface area contributed by atoms with Gasteiger partial charge in [0.2, 0.25) is 0 Å². The number of likely N-dealkylation sites (tertiary alicyclic amines) is 1. The average molecular weight is 217 g/mol. The fourth-order valence-electron chi connectivity index (χ4n) is 2.68. The van der Waals surface area contributed by atoms with Crippen LogP contribution in [0.5, 0.6) is 0 Å². The smallest absolute Gasteiger partial charge is 0.252 e. The highest BCUT2D eigenvalue weighted by molar-refractivity contribution is 5.85. The molecule has 0 aromatic heterocycles. The van der Waals surface area contributed by atoms with E-state index in [9.17, 15) is 4.79 Å². The van der Waals surface area contributed by atoms with E-state index < -0.39 is 0 Å². The lowest BCUT2D eigenvalue weighted by atomic mass is 10.0. The minimum absolute atomic E-state index is 0.160. The summed E-state index contributed by atoms with van der Waals surface area (Å²) < 4.78 is 5.45. The third-order valence-corrected chi connectivity index (χ3v) is 3.65. The Morgan fingerprint density at radius 1 is 1.38 bits per heavy atom. The van der Waals surface area contributed by atoms with Crippen LogP contribution in [-0.2, 0) is 16.1 Å². The van der Waals surface area contributed by atoms with Gasteiger partial charge in [0, 0.05) is 12.5 Å². The summed E-state index contributed by atoms with van der Waals surface area (Å²) in [6, 6.07) is 10.4. The summed E-state index contributed by atoms with van der Waals surface area (Å²) in [4.78, 5) is 13.9. The van der Waals surface area contributed by atoms with Crippen molar-refractivity contribution in [1.82, 2.24) is 4.90 Å². The average Bonchev–Trinajstić information content (AvgIpc) is 2.77. The fraction of sp³-hybridized carbons (Fsp3) is 0.462. The number of ether oxygens (including phenoxy) is 1. The van der Waals surface area contributed by atoms with E-state index in [-0.39, 0.29) is 18.1 Å². The second kappa shape index (κ2) is 3.59. The molecule has 0 aliphatic carbocycles. The molecule has 2 heterocycles. The second-order valence-electron chi connectivity index (χ2n) is 4.63. The molecule has 0 unspecified atom stereocenters. The van der Waals surface area contributed by atoms with E-state index in [1.165, 1.54) is 5.56 Å². The molecule has 0 N–H and O–H groups in total. The maximum absolute atomic E-state index is 12.0. The van der Waals surface area contributed by atoms with Crippen molar-refractivity contribution in [3.63, 3.8) is 0 Å². The molecule has 3 heteroatoms. The van der Waals surface area contributed by atoms with E-state index in [1.807, 2.05) is 23.1 Å². The summed E-state index contributed by atoms with van der Waals surface area (Å²) >= 11 is 0. The maximum Gasteiger partial charge on any atom is 0.252 e. The van der Waals surface area contributed by atoms with Crippen molar-refractivity contribution >= 4 is 5.91 Å². The second-order valence-corrected chi connectivity index (χ2v) is 4.63. The van der Waals surface area contributed by atoms with E-state index >= 15 is 0 Å². The third kappa shape index (κ3) is 1.35. The highest BCUT2D eigenvalue weighted by Gasteiger charge is 2.51. The maximum atomic E-state index is 12.0. The van der Waals surface area contributed by atoms with Gasteiger partial charge in [-0.05, 0) is 5.56 Å². The SMILES string of the molecule is C[C@@H]1[C@@H]2OC[C@H]1N(Cc1ccccc1)C2=O. The van der Waals surface area contributed by atoms with Gasteiger partial charge in [-0.25, -0.2) is 0 Å². The largest absolute Gasteiger partial charge is 0.366 e. The molecule has 3 rings (SSSR count). The van der Waals surface area contributed by atoms with Crippen LogP contribution in [0.4, 0.5) is 0 Å². The summed E-state index contributed by atoms with van der Waals surface area (Å²) in [7, 11) is 0. The number of hydrogen-bond acceptors (Lipinski definition) is 2. The summed E-state index contributed by atoms with van der Waals surface area (Å²) in [6.07, 6.45) is -0.186. The molecular weight excluding hydrogens is 202 g/mol.